The van der Waals surface area contributed by atoms with Crippen LogP contribution >= 0.6 is 0 Å². The molecule has 0 radical (unpaired) electrons. The summed E-state index contributed by atoms with van der Waals surface area (Å²) in [4.78, 5) is 21.6. The number of hydrogen-bond acceptors (Lipinski definition) is 5. The van der Waals surface area contributed by atoms with Crippen molar-refractivity contribution < 1.29 is 9.63 Å². The molecule has 2 aromatic rings. The smallest absolute Gasteiger partial charge is 0.274 e. The predicted octanol–water partition coefficient (Wildman–Crippen LogP) is 2.96. The largest absolute Gasteiger partial charge is 0.338 e. The zero-order valence-corrected chi connectivity index (χ0v) is 16.5. The van der Waals surface area contributed by atoms with Crippen molar-refractivity contribution in [2.45, 2.75) is 40.2 Å². The molecule has 0 saturated carbocycles. The monoisotopic (exact) mass is 369 g/mol. The summed E-state index contributed by atoms with van der Waals surface area (Å²) < 4.78 is 2.18. The quantitative estimate of drug-likeness (QED) is 0.795. The number of carbonyl (C=O) groups excluding carboxylic acids is 1. The summed E-state index contributed by atoms with van der Waals surface area (Å²) in [6.45, 7) is 9.05. The molecule has 1 aromatic heterocycles. The summed E-state index contributed by atoms with van der Waals surface area (Å²) in [6.07, 6.45) is 3.13. The lowest BCUT2D eigenvalue weighted by Gasteiger charge is -2.35. The Balaban J connectivity index is 1.92. The number of nitrogens with zero attached hydrogens (tertiary/aromatic N) is 3. The molecule has 1 atom stereocenters. The Hall–Kier alpha value is -2.80. The van der Waals surface area contributed by atoms with Crippen LogP contribution in [0.3, 0.4) is 0 Å². The number of benzene rings is 1. The maximum absolute atomic E-state index is 12.1. The number of carbonyl (C=O) groups is 1. The number of hydroxylamine groups is 1. The number of aryl methyl sites for hydroxylation is 2. The standard InChI is InChI=1S/C20H27N5O2/c1-6-15(4)25-12-21-19(18-14(3)9-10-24(18)25)22-17-11-16(8-7-13(17)2)20(26)23-27-5/h7-11,15H,6,12H2,1-5H3,(H,21,22)(H,23,26)/t15-/m0/s1. The van der Waals surface area contributed by atoms with Gasteiger partial charge in [-0.3, -0.25) is 19.3 Å². The molecule has 27 heavy (non-hydrogen) atoms. The fraction of sp³-hybridized carbons (Fsp3) is 0.400. The van der Waals surface area contributed by atoms with Crippen LogP contribution in [-0.2, 0) is 4.84 Å². The van der Waals surface area contributed by atoms with Crippen LogP contribution in [0, 0.1) is 13.8 Å². The maximum atomic E-state index is 12.1. The van der Waals surface area contributed by atoms with Crippen LogP contribution in [0.1, 0.15) is 47.4 Å². The minimum atomic E-state index is -0.284. The normalized spacial score (nSPS) is 14.4. The molecule has 2 N–H and O–H groups in total. The van der Waals surface area contributed by atoms with E-state index in [0.717, 1.165) is 34.8 Å². The first-order chi connectivity index (χ1) is 13.0. The van der Waals surface area contributed by atoms with E-state index in [9.17, 15) is 4.79 Å². The van der Waals surface area contributed by atoms with Gasteiger partial charge in [0.05, 0.1) is 7.11 Å². The molecule has 7 nitrogen and oxygen atoms in total. The molecule has 0 aliphatic carbocycles. The Kier molecular flexibility index (Phi) is 5.51. The molecule has 0 fully saturated rings. The molecule has 7 heteroatoms. The van der Waals surface area contributed by atoms with E-state index in [2.05, 4.69) is 53.5 Å². The number of nitrogens with one attached hydrogen (secondary N) is 2. The number of anilines is 1. The lowest BCUT2D eigenvalue weighted by molar-refractivity contribution is 0.0537. The van der Waals surface area contributed by atoms with Crippen molar-refractivity contribution in [3.8, 4) is 0 Å². The molecule has 0 saturated heterocycles. The number of amidine groups is 1. The second-order valence-electron chi connectivity index (χ2n) is 6.83. The van der Waals surface area contributed by atoms with Crippen molar-refractivity contribution in [3.05, 3.63) is 52.8 Å². The second kappa shape index (κ2) is 7.84. The molecular weight excluding hydrogens is 342 g/mol. The summed E-state index contributed by atoms with van der Waals surface area (Å²) in [6, 6.07) is 7.99. The SMILES string of the molecule is CC[C@H](C)N1CN=C(Nc2cc(C(=O)NOC)ccc2C)c2c(C)ccn21. The van der Waals surface area contributed by atoms with E-state index in [-0.39, 0.29) is 5.91 Å². The third kappa shape index (κ3) is 3.68. The second-order valence-corrected chi connectivity index (χ2v) is 6.83. The van der Waals surface area contributed by atoms with E-state index >= 15 is 0 Å². The summed E-state index contributed by atoms with van der Waals surface area (Å²) in [5.74, 6) is 0.526. The van der Waals surface area contributed by atoms with E-state index < -0.39 is 0 Å². The Morgan fingerprint density at radius 1 is 1.30 bits per heavy atom. The molecule has 1 aliphatic rings. The Bertz CT molecular complexity index is 871. The summed E-state index contributed by atoms with van der Waals surface area (Å²) in [5.41, 5.74) is 6.96. The predicted molar refractivity (Wildman–Crippen MR) is 108 cm³/mol. The molecule has 1 aromatic carbocycles. The first-order valence-electron chi connectivity index (χ1n) is 9.17. The first-order valence-corrected chi connectivity index (χ1v) is 9.17. The number of aromatic nitrogens is 1. The van der Waals surface area contributed by atoms with Crippen molar-refractivity contribution >= 4 is 17.4 Å². The van der Waals surface area contributed by atoms with Gasteiger partial charge in [-0.2, -0.15) is 0 Å². The molecule has 2 heterocycles. The summed E-state index contributed by atoms with van der Waals surface area (Å²) in [5, 5.41) is 5.68. The van der Waals surface area contributed by atoms with Crippen molar-refractivity contribution in [2.24, 2.45) is 4.99 Å². The molecule has 0 bridgehead atoms. The minimum Gasteiger partial charge on any atom is -0.338 e. The number of rotatable bonds is 5. The van der Waals surface area contributed by atoms with Crippen LogP contribution in [0.25, 0.3) is 0 Å². The van der Waals surface area contributed by atoms with Crippen LogP contribution in [-0.4, -0.2) is 36.2 Å². The average Bonchev–Trinajstić information content (AvgIpc) is 3.05. The number of amides is 1. The van der Waals surface area contributed by atoms with Crippen LogP contribution < -0.4 is 15.8 Å². The summed E-state index contributed by atoms with van der Waals surface area (Å²) >= 11 is 0. The molecule has 0 unspecified atom stereocenters. The molecule has 3 rings (SSSR count). The van der Waals surface area contributed by atoms with Gasteiger partial charge in [0.1, 0.15) is 12.4 Å². The van der Waals surface area contributed by atoms with Crippen molar-refractivity contribution in [1.29, 1.82) is 0 Å². The topological polar surface area (TPSA) is 70.9 Å². The highest BCUT2D eigenvalue weighted by molar-refractivity contribution is 6.09. The van der Waals surface area contributed by atoms with Gasteiger partial charge in [0.2, 0.25) is 0 Å². The summed E-state index contributed by atoms with van der Waals surface area (Å²) in [7, 11) is 1.42. The lowest BCUT2D eigenvalue weighted by Crippen LogP contribution is -2.47. The lowest BCUT2D eigenvalue weighted by atomic mass is 10.1. The molecule has 1 aliphatic heterocycles. The van der Waals surface area contributed by atoms with Crippen LogP contribution in [0.15, 0.2) is 35.5 Å². The van der Waals surface area contributed by atoms with Gasteiger partial charge in [-0.1, -0.05) is 13.0 Å². The van der Waals surface area contributed by atoms with Gasteiger partial charge in [0.25, 0.3) is 5.91 Å². The fourth-order valence-corrected chi connectivity index (χ4v) is 3.15. The van der Waals surface area contributed by atoms with Gasteiger partial charge in [0.15, 0.2) is 5.84 Å². The number of fused-ring (bicyclic) bond motifs is 1. The highest BCUT2D eigenvalue weighted by Gasteiger charge is 2.24. The highest BCUT2D eigenvalue weighted by Crippen LogP contribution is 2.23. The number of aliphatic imine (C=N–C) groups is 1. The average molecular weight is 369 g/mol. The molecular formula is C20H27N5O2. The van der Waals surface area contributed by atoms with Crippen LogP contribution in [0.2, 0.25) is 0 Å². The van der Waals surface area contributed by atoms with E-state index in [1.807, 2.05) is 19.1 Å². The Labute approximate surface area is 160 Å². The van der Waals surface area contributed by atoms with Gasteiger partial charge in [-0.25, -0.2) is 10.5 Å². The van der Waals surface area contributed by atoms with E-state index in [4.69, 9.17) is 9.83 Å². The highest BCUT2D eigenvalue weighted by atomic mass is 16.6. The van der Waals surface area contributed by atoms with Gasteiger partial charge >= 0.3 is 0 Å². The zero-order chi connectivity index (χ0) is 19.6. The van der Waals surface area contributed by atoms with Crippen molar-refractivity contribution in [3.63, 3.8) is 0 Å². The third-order valence-corrected chi connectivity index (χ3v) is 4.99. The first kappa shape index (κ1) is 19.0. The minimum absolute atomic E-state index is 0.284. The zero-order valence-electron chi connectivity index (χ0n) is 16.5. The number of hydrogen-bond donors (Lipinski definition) is 2. The molecule has 144 valence electrons. The molecule has 0 spiro atoms. The third-order valence-electron chi connectivity index (χ3n) is 4.99. The van der Waals surface area contributed by atoms with Crippen molar-refractivity contribution in [1.82, 2.24) is 10.2 Å². The van der Waals surface area contributed by atoms with E-state index in [0.29, 0.717) is 18.3 Å². The van der Waals surface area contributed by atoms with Crippen LogP contribution in [0.5, 0.6) is 0 Å². The Morgan fingerprint density at radius 2 is 2.07 bits per heavy atom. The van der Waals surface area contributed by atoms with Gasteiger partial charge in [-0.15, -0.1) is 0 Å². The van der Waals surface area contributed by atoms with Crippen LogP contribution in [0.4, 0.5) is 5.69 Å². The van der Waals surface area contributed by atoms with E-state index in [1.54, 1.807) is 6.07 Å². The fourth-order valence-electron chi connectivity index (χ4n) is 3.15. The van der Waals surface area contributed by atoms with Gasteiger partial charge in [0, 0.05) is 23.5 Å². The van der Waals surface area contributed by atoms with E-state index in [1.165, 1.54) is 7.11 Å². The Morgan fingerprint density at radius 3 is 2.78 bits per heavy atom. The van der Waals surface area contributed by atoms with Gasteiger partial charge < -0.3 is 5.32 Å². The maximum Gasteiger partial charge on any atom is 0.274 e. The van der Waals surface area contributed by atoms with Crippen molar-refractivity contribution in [2.75, 3.05) is 24.1 Å². The molecule has 1 amide bonds. The van der Waals surface area contributed by atoms with Gasteiger partial charge in [-0.05, 0) is 56.5 Å².